The molecule has 0 unspecified atom stereocenters. The molecule has 0 aliphatic rings. The zero-order chi connectivity index (χ0) is 16.4. The van der Waals surface area contributed by atoms with Gasteiger partial charge in [-0.25, -0.2) is 9.78 Å². The van der Waals surface area contributed by atoms with Crippen LogP contribution in [0, 0.1) is 5.95 Å². The van der Waals surface area contributed by atoms with Gasteiger partial charge >= 0.3 is 18.5 Å². The second kappa shape index (κ2) is 5.74. The molecule has 4 nitrogen and oxygen atoms in total. The number of hydrogen-bond donors (Lipinski definition) is 0. The Morgan fingerprint density at radius 1 is 1.24 bits per heavy atom. The number of carbonyl (C=O) groups is 1. The molecule has 0 saturated carbocycles. The Hall–Kier alpha value is -2.07. The molecule has 0 aliphatic heterocycles. The smallest absolute Gasteiger partial charge is 0.462 e. The molecule has 0 fully saturated rings. The molecule has 0 atom stereocenters. The van der Waals surface area contributed by atoms with Gasteiger partial charge in [-0.05, 0) is 6.92 Å². The lowest BCUT2D eigenvalue weighted by Crippen LogP contribution is -2.24. The van der Waals surface area contributed by atoms with Crippen molar-refractivity contribution >= 4 is 5.97 Å². The van der Waals surface area contributed by atoms with Crippen molar-refractivity contribution < 1.29 is 45.0 Å². The van der Waals surface area contributed by atoms with Crippen LogP contribution in [-0.2, 0) is 10.9 Å². The van der Waals surface area contributed by atoms with Crippen LogP contribution in [0.1, 0.15) is 22.8 Å². The van der Waals surface area contributed by atoms with Crippen molar-refractivity contribution in [2.45, 2.75) is 19.5 Å². The van der Waals surface area contributed by atoms with Crippen LogP contribution in [0.2, 0.25) is 0 Å². The minimum Gasteiger partial charge on any atom is -0.462 e. The van der Waals surface area contributed by atoms with E-state index in [0.717, 1.165) is 0 Å². The van der Waals surface area contributed by atoms with Gasteiger partial charge in [-0.2, -0.15) is 17.6 Å². The summed E-state index contributed by atoms with van der Waals surface area (Å²) in [5, 5.41) is 0. The van der Waals surface area contributed by atoms with Gasteiger partial charge in [-0.3, -0.25) is 0 Å². The molecule has 21 heavy (non-hydrogen) atoms. The highest BCUT2D eigenvalue weighted by Crippen LogP contribution is 2.41. The summed E-state index contributed by atoms with van der Waals surface area (Å²) in [5.41, 5.74) is -3.73. The molecule has 0 amide bonds. The number of aromatic nitrogens is 1. The zero-order valence-corrected chi connectivity index (χ0v) is 10.1. The predicted molar refractivity (Wildman–Crippen MR) is 51.8 cm³/mol. The number of alkyl halides is 6. The van der Waals surface area contributed by atoms with Gasteiger partial charge in [-0.1, -0.05) is 0 Å². The van der Waals surface area contributed by atoms with E-state index in [1.807, 2.05) is 0 Å². The molecule has 0 N–H and O–H groups in total. The van der Waals surface area contributed by atoms with Crippen molar-refractivity contribution in [3.05, 3.63) is 23.3 Å². The highest BCUT2D eigenvalue weighted by atomic mass is 19.4. The molecule has 118 valence electrons. The number of carbonyl (C=O) groups excluding carboxylic acids is 1. The topological polar surface area (TPSA) is 48.4 Å². The van der Waals surface area contributed by atoms with E-state index >= 15 is 0 Å². The summed E-state index contributed by atoms with van der Waals surface area (Å²) in [4.78, 5) is 13.9. The molecule has 1 rings (SSSR count). The maximum absolute atomic E-state index is 13.1. The number of esters is 1. The molecule has 0 bridgehead atoms. The first-order valence-corrected chi connectivity index (χ1v) is 5.16. The normalized spacial score (nSPS) is 12.2. The van der Waals surface area contributed by atoms with Crippen molar-refractivity contribution in [1.82, 2.24) is 4.98 Å². The summed E-state index contributed by atoms with van der Waals surface area (Å²) in [5.74, 6) is -5.86. The fourth-order valence-corrected chi connectivity index (χ4v) is 1.29. The van der Waals surface area contributed by atoms with Crippen LogP contribution in [-0.4, -0.2) is 23.9 Å². The van der Waals surface area contributed by atoms with Crippen LogP contribution in [0.25, 0.3) is 0 Å². The average molecular weight is 321 g/mol. The monoisotopic (exact) mass is 321 g/mol. The third-order valence-electron chi connectivity index (χ3n) is 1.98. The minimum absolute atomic E-state index is 0.170. The number of pyridine rings is 1. The lowest BCUT2D eigenvalue weighted by molar-refractivity contribution is -0.276. The fourth-order valence-electron chi connectivity index (χ4n) is 1.29. The third kappa shape index (κ3) is 4.20. The first kappa shape index (κ1) is 17.0. The second-order valence-corrected chi connectivity index (χ2v) is 3.43. The number of ether oxygens (including phenoxy) is 2. The van der Waals surface area contributed by atoms with Crippen molar-refractivity contribution in [3.8, 4) is 5.75 Å². The predicted octanol–water partition coefficient (Wildman–Crippen LogP) is 3.31. The quantitative estimate of drug-likeness (QED) is 0.487. The van der Waals surface area contributed by atoms with Gasteiger partial charge in [0.1, 0.15) is 5.56 Å². The SMILES string of the molecule is CCOC(=O)c1cnc(F)c(C(F)(F)F)c1OC(F)(F)F. The van der Waals surface area contributed by atoms with Gasteiger partial charge in [0, 0.05) is 6.20 Å². The van der Waals surface area contributed by atoms with E-state index in [9.17, 15) is 35.5 Å². The van der Waals surface area contributed by atoms with E-state index in [4.69, 9.17) is 0 Å². The summed E-state index contributed by atoms with van der Waals surface area (Å²) in [6.07, 6.45) is -11.0. The van der Waals surface area contributed by atoms with E-state index in [1.54, 1.807) is 0 Å². The molecule has 1 aromatic heterocycles. The summed E-state index contributed by atoms with van der Waals surface area (Å²) < 4.78 is 95.0. The van der Waals surface area contributed by atoms with Crippen LogP contribution in [0.3, 0.4) is 0 Å². The van der Waals surface area contributed by atoms with Crippen molar-refractivity contribution in [2.24, 2.45) is 0 Å². The largest absolute Gasteiger partial charge is 0.573 e. The van der Waals surface area contributed by atoms with E-state index in [1.165, 1.54) is 6.92 Å². The third-order valence-corrected chi connectivity index (χ3v) is 1.98. The Labute approximate surface area is 112 Å². The average Bonchev–Trinajstić information content (AvgIpc) is 2.25. The number of hydrogen-bond acceptors (Lipinski definition) is 4. The summed E-state index contributed by atoms with van der Waals surface area (Å²) >= 11 is 0. The zero-order valence-electron chi connectivity index (χ0n) is 10.1. The van der Waals surface area contributed by atoms with Crippen LogP contribution in [0.4, 0.5) is 30.7 Å². The minimum atomic E-state index is -5.57. The molecule has 0 spiro atoms. The summed E-state index contributed by atoms with van der Waals surface area (Å²) in [7, 11) is 0. The van der Waals surface area contributed by atoms with E-state index < -0.39 is 41.3 Å². The first-order valence-electron chi connectivity index (χ1n) is 5.16. The Morgan fingerprint density at radius 3 is 2.24 bits per heavy atom. The van der Waals surface area contributed by atoms with Crippen LogP contribution < -0.4 is 4.74 Å². The molecule has 0 aromatic carbocycles. The maximum Gasteiger partial charge on any atom is 0.573 e. The molecule has 11 heteroatoms. The maximum atomic E-state index is 13.1. The lowest BCUT2D eigenvalue weighted by Gasteiger charge is -2.17. The second-order valence-electron chi connectivity index (χ2n) is 3.43. The molecule has 1 aromatic rings. The van der Waals surface area contributed by atoms with Gasteiger partial charge in [-0.15, -0.1) is 13.2 Å². The van der Waals surface area contributed by atoms with Crippen molar-refractivity contribution in [3.63, 3.8) is 0 Å². The Kier molecular flexibility index (Phi) is 4.64. The van der Waals surface area contributed by atoms with E-state index in [2.05, 4.69) is 14.5 Å². The van der Waals surface area contributed by atoms with Gasteiger partial charge in [0.05, 0.1) is 6.61 Å². The van der Waals surface area contributed by atoms with Crippen molar-refractivity contribution in [1.29, 1.82) is 0 Å². The van der Waals surface area contributed by atoms with Crippen LogP contribution >= 0.6 is 0 Å². The number of halogens is 7. The standard InChI is InChI=1S/C10H6F7NO3/c1-2-20-8(19)4-3-18-7(11)5(9(12,13)14)6(4)21-10(15,16)17/h3H,2H2,1H3. The van der Waals surface area contributed by atoms with E-state index in [-0.39, 0.29) is 12.8 Å². The fraction of sp³-hybridized carbons (Fsp3) is 0.400. The molecule has 0 aliphatic carbocycles. The molecule has 0 radical (unpaired) electrons. The Balaban J connectivity index is 3.55. The van der Waals surface area contributed by atoms with E-state index in [0.29, 0.717) is 0 Å². The molecule has 0 saturated heterocycles. The van der Waals surface area contributed by atoms with Gasteiger partial charge in [0.15, 0.2) is 11.3 Å². The first-order chi connectivity index (χ1) is 9.47. The summed E-state index contributed by atoms with van der Waals surface area (Å²) in [6, 6.07) is 0. The summed E-state index contributed by atoms with van der Waals surface area (Å²) in [6.45, 7) is 0.937. The number of nitrogens with zero attached hydrogens (tertiary/aromatic N) is 1. The highest BCUT2D eigenvalue weighted by Gasteiger charge is 2.45. The van der Waals surface area contributed by atoms with Crippen molar-refractivity contribution in [2.75, 3.05) is 6.61 Å². The highest BCUT2D eigenvalue weighted by molar-refractivity contribution is 5.92. The number of rotatable bonds is 3. The van der Waals surface area contributed by atoms with Crippen LogP contribution in [0.5, 0.6) is 5.75 Å². The van der Waals surface area contributed by atoms with Gasteiger partial charge in [0.2, 0.25) is 5.95 Å². The Bertz CT molecular complexity index is 539. The molecule has 1 heterocycles. The lowest BCUT2D eigenvalue weighted by atomic mass is 10.1. The van der Waals surface area contributed by atoms with Gasteiger partial charge < -0.3 is 9.47 Å². The molecular weight excluding hydrogens is 315 g/mol. The molecular formula is C10H6F7NO3. The Morgan fingerprint density at radius 2 is 1.81 bits per heavy atom. The van der Waals surface area contributed by atoms with Gasteiger partial charge in [0.25, 0.3) is 0 Å². The van der Waals surface area contributed by atoms with Crippen LogP contribution in [0.15, 0.2) is 6.20 Å².